The van der Waals surface area contributed by atoms with Crippen molar-refractivity contribution in [3.63, 3.8) is 0 Å². The standard InChI is InChI=1S/C20H25N3O3/c1-5-6-7-23-17(24)14-12(4)22-20(15(14)18(23)25)13-9-10(2)8-11(3)16(13)21-19(20)26/h8-9,12,14-15,22H,5-7H2,1-4H3,(H,21,26)/t12-,14-,15+,20+/m1/s1. The first-order valence-electron chi connectivity index (χ1n) is 9.39. The number of benzene rings is 1. The average molecular weight is 355 g/mol. The van der Waals surface area contributed by atoms with Crippen LogP contribution in [-0.2, 0) is 19.9 Å². The molecule has 1 aromatic rings. The third-order valence-corrected chi connectivity index (χ3v) is 6.14. The number of rotatable bonds is 3. The lowest BCUT2D eigenvalue weighted by Gasteiger charge is -2.29. The number of nitrogens with one attached hydrogen (secondary N) is 2. The molecule has 0 bridgehead atoms. The zero-order chi connectivity index (χ0) is 18.8. The van der Waals surface area contributed by atoms with Gasteiger partial charge in [-0.15, -0.1) is 0 Å². The molecule has 6 nitrogen and oxygen atoms in total. The summed E-state index contributed by atoms with van der Waals surface area (Å²) in [6.07, 6.45) is 1.69. The van der Waals surface area contributed by atoms with Gasteiger partial charge in [0.25, 0.3) is 0 Å². The number of hydrogen-bond donors (Lipinski definition) is 2. The van der Waals surface area contributed by atoms with Crippen LogP contribution in [0.15, 0.2) is 12.1 Å². The Balaban J connectivity index is 1.86. The van der Waals surface area contributed by atoms with Gasteiger partial charge in [-0.3, -0.25) is 24.6 Å². The quantitative estimate of drug-likeness (QED) is 0.811. The zero-order valence-electron chi connectivity index (χ0n) is 15.7. The molecule has 0 aliphatic carbocycles. The first-order chi connectivity index (χ1) is 12.3. The fraction of sp³-hybridized carbons (Fsp3) is 0.550. The Labute approximate surface area is 153 Å². The number of likely N-dealkylation sites (tertiary alicyclic amines) is 1. The van der Waals surface area contributed by atoms with E-state index < -0.39 is 17.4 Å². The van der Waals surface area contributed by atoms with Gasteiger partial charge in [0.1, 0.15) is 5.54 Å². The molecule has 0 radical (unpaired) electrons. The number of unbranched alkanes of at least 4 members (excludes halogenated alkanes) is 1. The molecule has 0 saturated carbocycles. The number of carbonyl (C=O) groups excluding carboxylic acids is 3. The largest absolute Gasteiger partial charge is 0.324 e. The van der Waals surface area contributed by atoms with Crippen molar-refractivity contribution in [3.05, 3.63) is 28.8 Å². The molecule has 3 aliphatic rings. The molecule has 138 valence electrons. The summed E-state index contributed by atoms with van der Waals surface area (Å²) in [4.78, 5) is 40.7. The lowest BCUT2D eigenvalue weighted by atomic mass is 9.76. The minimum Gasteiger partial charge on any atom is -0.324 e. The van der Waals surface area contributed by atoms with E-state index in [1.54, 1.807) is 0 Å². The fourth-order valence-corrected chi connectivity index (χ4v) is 5.02. The van der Waals surface area contributed by atoms with E-state index in [1.807, 2.05) is 39.8 Å². The van der Waals surface area contributed by atoms with Gasteiger partial charge in [-0.25, -0.2) is 0 Å². The Morgan fingerprint density at radius 2 is 1.88 bits per heavy atom. The van der Waals surface area contributed by atoms with Crippen molar-refractivity contribution in [2.75, 3.05) is 11.9 Å². The fourth-order valence-electron chi connectivity index (χ4n) is 5.02. The van der Waals surface area contributed by atoms with Gasteiger partial charge in [0.15, 0.2) is 0 Å². The van der Waals surface area contributed by atoms with Gasteiger partial charge >= 0.3 is 0 Å². The maximum absolute atomic E-state index is 13.2. The molecule has 0 aromatic heterocycles. The molecule has 26 heavy (non-hydrogen) atoms. The van der Waals surface area contributed by atoms with Gasteiger partial charge in [-0.1, -0.05) is 31.0 Å². The first-order valence-corrected chi connectivity index (χ1v) is 9.39. The molecule has 2 fully saturated rings. The van der Waals surface area contributed by atoms with E-state index in [1.165, 1.54) is 4.90 Å². The number of fused-ring (bicyclic) bond motifs is 4. The van der Waals surface area contributed by atoms with Crippen LogP contribution in [0.1, 0.15) is 43.4 Å². The molecular weight excluding hydrogens is 330 g/mol. The van der Waals surface area contributed by atoms with Crippen LogP contribution in [0.2, 0.25) is 0 Å². The van der Waals surface area contributed by atoms with Gasteiger partial charge in [0.2, 0.25) is 17.7 Å². The molecule has 6 heteroatoms. The highest BCUT2D eigenvalue weighted by atomic mass is 16.2. The second-order valence-corrected chi connectivity index (χ2v) is 7.88. The molecular formula is C20H25N3O3. The van der Waals surface area contributed by atoms with Gasteiger partial charge in [0.05, 0.1) is 11.8 Å². The molecule has 3 amide bonds. The molecule has 2 saturated heterocycles. The molecule has 3 aliphatic heterocycles. The Morgan fingerprint density at radius 1 is 1.15 bits per heavy atom. The Hall–Kier alpha value is -2.21. The number of carbonyl (C=O) groups is 3. The van der Waals surface area contributed by atoms with Crippen molar-refractivity contribution in [2.24, 2.45) is 11.8 Å². The summed E-state index contributed by atoms with van der Waals surface area (Å²) in [5, 5.41) is 6.32. The highest BCUT2D eigenvalue weighted by molar-refractivity contribution is 6.15. The smallest absolute Gasteiger partial charge is 0.250 e. The summed E-state index contributed by atoms with van der Waals surface area (Å²) in [5.41, 5.74) is 2.44. The van der Waals surface area contributed by atoms with Crippen molar-refractivity contribution in [1.29, 1.82) is 0 Å². The monoisotopic (exact) mass is 355 g/mol. The number of anilines is 1. The topological polar surface area (TPSA) is 78.5 Å². The molecule has 1 spiro atoms. The number of aryl methyl sites for hydroxylation is 2. The van der Waals surface area contributed by atoms with Crippen molar-refractivity contribution >= 4 is 23.4 Å². The summed E-state index contributed by atoms with van der Waals surface area (Å²) in [7, 11) is 0. The van der Waals surface area contributed by atoms with Crippen molar-refractivity contribution in [3.8, 4) is 0 Å². The van der Waals surface area contributed by atoms with E-state index in [0.29, 0.717) is 6.54 Å². The number of hydrogen-bond acceptors (Lipinski definition) is 4. The zero-order valence-corrected chi connectivity index (χ0v) is 15.7. The maximum atomic E-state index is 13.2. The maximum Gasteiger partial charge on any atom is 0.250 e. The highest BCUT2D eigenvalue weighted by Crippen LogP contribution is 2.53. The Bertz CT molecular complexity index is 834. The van der Waals surface area contributed by atoms with E-state index in [0.717, 1.165) is 35.2 Å². The third-order valence-electron chi connectivity index (χ3n) is 6.14. The minimum atomic E-state index is -1.15. The van der Waals surface area contributed by atoms with Crippen molar-refractivity contribution < 1.29 is 14.4 Å². The molecule has 1 aromatic carbocycles. The Kier molecular flexibility index (Phi) is 3.74. The molecule has 4 rings (SSSR count). The normalized spacial score (nSPS) is 32.4. The molecule has 2 N–H and O–H groups in total. The van der Waals surface area contributed by atoms with Crippen LogP contribution in [0, 0.1) is 25.7 Å². The SMILES string of the molecule is CCCCN1C(=O)[C@H]2[C@@H](C1=O)[C@]1(N[C@@H]2C)C(=O)Nc2c(C)cc(C)cc21. The number of nitrogens with zero attached hydrogens (tertiary/aromatic N) is 1. The molecule has 3 heterocycles. The highest BCUT2D eigenvalue weighted by Gasteiger charge is 2.69. The summed E-state index contributed by atoms with van der Waals surface area (Å²) in [5.74, 6) is -1.75. The van der Waals surface area contributed by atoms with Gasteiger partial charge < -0.3 is 5.32 Å². The van der Waals surface area contributed by atoms with Crippen LogP contribution in [-0.4, -0.2) is 35.2 Å². The average Bonchev–Trinajstić information content (AvgIpc) is 3.13. The van der Waals surface area contributed by atoms with Crippen LogP contribution in [0.3, 0.4) is 0 Å². The van der Waals surface area contributed by atoms with Crippen LogP contribution in [0.25, 0.3) is 0 Å². The van der Waals surface area contributed by atoms with E-state index in [4.69, 9.17) is 0 Å². The summed E-state index contributed by atoms with van der Waals surface area (Å²) >= 11 is 0. The van der Waals surface area contributed by atoms with Crippen molar-refractivity contribution in [1.82, 2.24) is 10.2 Å². The number of imide groups is 1. The second kappa shape index (κ2) is 5.64. The Morgan fingerprint density at radius 3 is 2.58 bits per heavy atom. The van der Waals surface area contributed by atoms with Crippen LogP contribution in [0.4, 0.5) is 5.69 Å². The van der Waals surface area contributed by atoms with Gasteiger partial charge in [-0.05, 0) is 32.8 Å². The van der Waals surface area contributed by atoms with E-state index >= 15 is 0 Å². The van der Waals surface area contributed by atoms with E-state index in [9.17, 15) is 14.4 Å². The van der Waals surface area contributed by atoms with Gasteiger partial charge in [-0.2, -0.15) is 0 Å². The summed E-state index contributed by atoms with van der Waals surface area (Å²) in [6, 6.07) is 3.75. The summed E-state index contributed by atoms with van der Waals surface area (Å²) in [6.45, 7) is 8.30. The molecule has 4 atom stereocenters. The lowest BCUT2D eigenvalue weighted by molar-refractivity contribution is -0.142. The second-order valence-electron chi connectivity index (χ2n) is 7.88. The van der Waals surface area contributed by atoms with E-state index in [-0.39, 0.29) is 23.8 Å². The van der Waals surface area contributed by atoms with Crippen molar-refractivity contribution in [2.45, 2.75) is 52.1 Å². The predicted molar refractivity (Wildman–Crippen MR) is 97.4 cm³/mol. The van der Waals surface area contributed by atoms with Gasteiger partial charge in [0, 0.05) is 23.8 Å². The number of amides is 3. The lowest BCUT2D eigenvalue weighted by Crippen LogP contribution is -2.53. The minimum absolute atomic E-state index is 0.143. The third kappa shape index (κ3) is 1.99. The first kappa shape index (κ1) is 17.2. The predicted octanol–water partition coefficient (Wildman–Crippen LogP) is 1.84. The summed E-state index contributed by atoms with van der Waals surface area (Å²) < 4.78 is 0. The molecule has 0 unspecified atom stereocenters. The van der Waals surface area contributed by atoms with Crippen LogP contribution >= 0.6 is 0 Å². The van der Waals surface area contributed by atoms with Crippen LogP contribution in [0.5, 0.6) is 0 Å². The van der Waals surface area contributed by atoms with E-state index in [2.05, 4.69) is 10.6 Å². The van der Waals surface area contributed by atoms with Crippen LogP contribution < -0.4 is 10.6 Å².